The second kappa shape index (κ2) is 10.8. The van der Waals surface area contributed by atoms with Crippen LogP contribution in [-0.4, -0.2) is 20.8 Å². The van der Waals surface area contributed by atoms with Crippen LogP contribution in [0.25, 0.3) is 0 Å². The summed E-state index contributed by atoms with van der Waals surface area (Å²) in [5.74, 6) is 6.68. The molecule has 0 fully saturated rings. The van der Waals surface area contributed by atoms with Crippen molar-refractivity contribution in [3.63, 3.8) is 0 Å². The Morgan fingerprint density at radius 2 is 1.85 bits per heavy atom. The summed E-state index contributed by atoms with van der Waals surface area (Å²) in [5.41, 5.74) is 2.92. The normalized spacial score (nSPS) is 12.8. The molecule has 0 aliphatic rings. The number of nitrogens with zero attached hydrogens (tertiary/aromatic N) is 3. The molecule has 1 unspecified atom stereocenters. The predicted molar refractivity (Wildman–Crippen MR) is 83.1 cm³/mol. The van der Waals surface area contributed by atoms with Gasteiger partial charge < -0.3 is 0 Å². The lowest BCUT2D eigenvalue weighted by molar-refractivity contribution is 0.441. The van der Waals surface area contributed by atoms with Crippen LogP contribution in [0.15, 0.2) is 6.33 Å². The maximum absolute atomic E-state index is 5.65. The zero-order valence-corrected chi connectivity index (χ0v) is 13.1. The van der Waals surface area contributed by atoms with E-state index in [1.165, 1.54) is 44.9 Å². The number of unbranched alkanes of at least 4 members (excludes halogenated alkanes) is 6. The molecule has 116 valence electrons. The third kappa shape index (κ3) is 6.48. The number of nitrogens with two attached hydrogens (primary N) is 1. The van der Waals surface area contributed by atoms with E-state index in [4.69, 9.17) is 5.84 Å². The maximum Gasteiger partial charge on any atom is 0.138 e. The molecule has 0 aliphatic carbocycles. The molecule has 0 aromatic carbocycles. The SMILES string of the molecule is CCCCCCCCCC(Cc1ncnn1CC)NN. The zero-order valence-electron chi connectivity index (χ0n) is 13.1. The summed E-state index contributed by atoms with van der Waals surface area (Å²) >= 11 is 0. The van der Waals surface area contributed by atoms with Gasteiger partial charge in [-0.1, -0.05) is 51.9 Å². The van der Waals surface area contributed by atoms with Gasteiger partial charge in [-0.2, -0.15) is 5.10 Å². The van der Waals surface area contributed by atoms with Gasteiger partial charge in [0.25, 0.3) is 0 Å². The minimum Gasteiger partial charge on any atom is -0.271 e. The molecule has 0 amide bonds. The van der Waals surface area contributed by atoms with Crippen LogP contribution in [0.4, 0.5) is 0 Å². The van der Waals surface area contributed by atoms with Crippen LogP contribution >= 0.6 is 0 Å². The largest absolute Gasteiger partial charge is 0.271 e. The molecule has 5 nitrogen and oxygen atoms in total. The lowest BCUT2D eigenvalue weighted by Crippen LogP contribution is -2.37. The quantitative estimate of drug-likeness (QED) is 0.351. The fourth-order valence-corrected chi connectivity index (χ4v) is 2.52. The van der Waals surface area contributed by atoms with E-state index in [1.807, 2.05) is 4.68 Å². The van der Waals surface area contributed by atoms with Crippen molar-refractivity contribution in [1.29, 1.82) is 0 Å². The average Bonchev–Trinajstić information content (AvgIpc) is 2.92. The van der Waals surface area contributed by atoms with Crippen molar-refractivity contribution in [1.82, 2.24) is 20.2 Å². The molecule has 1 heterocycles. The summed E-state index contributed by atoms with van der Waals surface area (Å²) in [6.45, 7) is 5.20. The van der Waals surface area contributed by atoms with Gasteiger partial charge in [-0.25, -0.2) is 4.98 Å². The summed E-state index contributed by atoms with van der Waals surface area (Å²) in [7, 11) is 0. The standard InChI is InChI=1S/C15H31N5/c1-3-5-6-7-8-9-10-11-14(19-16)12-15-17-13-18-20(15)4-2/h13-14,19H,3-12,16H2,1-2H3. The van der Waals surface area contributed by atoms with Crippen molar-refractivity contribution in [2.24, 2.45) is 5.84 Å². The third-order valence-electron chi connectivity index (χ3n) is 3.82. The number of hydrogen-bond donors (Lipinski definition) is 2. The van der Waals surface area contributed by atoms with E-state index >= 15 is 0 Å². The van der Waals surface area contributed by atoms with Gasteiger partial charge in [0.1, 0.15) is 12.2 Å². The Morgan fingerprint density at radius 3 is 2.50 bits per heavy atom. The Kier molecular flexibility index (Phi) is 9.24. The van der Waals surface area contributed by atoms with Gasteiger partial charge in [0, 0.05) is 19.0 Å². The molecule has 0 radical (unpaired) electrons. The number of aromatic nitrogens is 3. The van der Waals surface area contributed by atoms with Crippen molar-refractivity contribution in [2.45, 2.75) is 84.2 Å². The Labute approximate surface area is 123 Å². The minimum absolute atomic E-state index is 0.306. The molecule has 1 aromatic rings. The summed E-state index contributed by atoms with van der Waals surface area (Å²) in [6, 6.07) is 0.306. The van der Waals surface area contributed by atoms with Gasteiger partial charge in [0.15, 0.2) is 0 Å². The fraction of sp³-hybridized carbons (Fsp3) is 0.867. The van der Waals surface area contributed by atoms with Crippen LogP contribution in [0.5, 0.6) is 0 Å². The van der Waals surface area contributed by atoms with E-state index in [9.17, 15) is 0 Å². The first-order valence-electron chi connectivity index (χ1n) is 8.14. The van der Waals surface area contributed by atoms with Gasteiger partial charge in [-0.05, 0) is 13.3 Å². The summed E-state index contributed by atoms with van der Waals surface area (Å²) in [6.07, 6.45) is 12.9. The van der Waals surface area contributed by atoms with Gasteiger partial charge >= 0.3 is 0 Å². The van der Waals surface area contributed by atoms with Crippen LogP contribution in [0, 0.1) is 0 Å². The van der Waals surface area contributed by atoms with Crippen LogP contribution in [0.2, 0.25) is 0 Å². The van der Waals surface area contributed by atoms with Gasteiger partial charge in [-0.3, -0.25) is 16.0 Å². The first-order valence-corrected chi connectivity index (χ1v) is 8.14. The summed E-state index contributed by atoms with van der Waals surface area (Å²) in [4.78, 5) is 4.31. The van der Waals surface area contributed by atoms with Crippen LogP contribution in [0.1, 0.15) is 71.0 Å². The van der Waals surface area contributed by atoms with E-state index in [0.29, 0.717) is 6.04 Å². The highest BCUT2D eigenvalue weighted by atomic mass is 15.3. The molecule has 1 aromatic heterocycles. The van der Waals surface area contributed by atoms with E-state index in [0.717, 1.165) is 25.2 Å². The molecular weight excluding hydrogens is 250 g/mol. The Balaban J connectivity index is 2.16. The van der Waals surface area contributed by atoms with Crippen LogP contribution in [0.3, 0.4) is 0 Å². The van der Waals surface area contributed by atoms with Gasteiger partial charge in [0.2, 0.25) is 0 Å². The van der Waals surface area contributed by atoms with Crippen LogP contribution in [-0.2, 0) is 13.0 Å². The van der Waals surface area contributed by atoms with E-state index in [2.05, 4.69) is 29.4 Å². The molecule has 5 heteroatoms. The van der Waals surface area contributed by atoms with Crippen molar-refractivity contribution >= 4 is 0 Å². The number of nitrogens with one attached hydrogen (secondary N) is 1. The van der Waals surface area contributed by atoms with Crippen molar-refractivity contribution in [3.8, 4) is 0 Å². The van der Waals surface area contributed by atoms with Crippen LogP contribution < -0.4 is 11.3 Å². The van der Waals surface area contributed by atoms with Crippen molar-refractivity contribution in [3.05, 3.63) is 12.2 Å². The molecule has 0 saturated heterocycles. The number of rotatable bonds is 12. The summed E-state index contributed by atoms with van der Waals surface area (Å²) in [5, 5.41) is 4.20. The molecule has 0 bridgehead atoms. The smallest absolute Gasteiger partial charge is 0.138 e. The zero-order chi connectivity index (χ0) is 14.6. The highest BCUT2D eigenvalue weighted by Gasteiger charge is 2.11. The fourth-order valence-electron chi connectivity index (χ4n) is 2.52. The highest BCUT2D eigenvalue weighted by molar-refractivity contribution is 4.89. The lowest BCUT2D eigenvalue weighted by Gasteiger charge is -2.15. The molecule has 0 aliphatic heterocycles. The lowest BCUT2D eigenvalue weighted by atomic mass is 10.0. The van der Waals surface area contributed by atoms with E-state index in [1.54, 1.807) is 6.33 Å². The monoisotopic (exact) mass is 281 g/mol. The molecule has 20 heavy (non-hydrogen) atoms. The Hall–Kier alpha value is -0.940. The van der Waals surface area contributed by atoms with Gasteiger partial charge in [-0.15, -0.1) is 0 Å². The van der Waals surface area contributed by atoms with Gasteiger partial charge in [0.05, 0.1) is 0 Å². The molecule has 1 atom stereocenters. The molecule has 1 rings (SSSR count). The number of hydrogen-bond acceptors (Lipinski definition) is 4. The number of aryl methyl sites for hydroxylation is 1. The van der Waals surface area contributed by atoms with E-state index < -0.39 is 0 Å². The third-order valence-corrected chi connectivity index (χ3v) is 3.82. The molecular formula is C15H31N5. The second-order valence-electron chi connectivity index (χ2n) is 5.47. The Morgan fingerprint density at radius 1 is 1.15 bits per heavy atom. The van der Waals surface area contributed by atoms with Crippen molar-refractivity contribution < 1.29 is 0 Å². The van der Waals surface area contributed by atoms with Crippen molar-refractivity contribution in [2.75, 3.05) is 0 Å². The topological polar surface area (TPSA) is 68.8 Å². The highest BCUT2D eigenvalue weighted by Crippen LogP contribution is 2.11. The maximum atomic E-state index is 5.65. The first kappa shape index (κ1) is 17.1. The Bertz CT molecular complexity index is 337. The average molecular weight is 281 g/mol. The first-order chi connectivity index (χ1) is 9.81. The molecule has 0 saturated carbocycles. The minimum atomic E-state index is 0.306. The van der Waals surface area contributed by atoms with E-state index in [-0.39, 0.29) is 0 Å². The predicted octanol–water partition coefficient (Wildman–Crippen LogP) is 2.81. The molecule has 3 N–H and O–H groups in total. The molecule has 0 spiro atoms. The second-order valence-corrected chi connectivity index (χ2v) is 5.47. The summed E-state index contributed by atoms with van der Waals surface area (Å²) < 4.78 is 1.94. The number of hydrazine groups is 1.